The van der Waals surface area contributed by atoms with Crippen molar-refractivity contribution in [1.82, 2.24) is 30.6 Å². The second-order valence-corrected chi connectivity index (χ2v) is 3.54. The number of halogens is 1. The summed E-state index contributed by atoms with van der Waals surface area (Å²) in [6, 6.07) is -0.186. The maximum atomic E-state index is 5.87. The molecule has 0 saturated carbocycles. The van der Waals surface area contributed by atoms with Crippen LogP contribution < -0.4 is 10.1 Å². The second-order valence-electron chi connectivity index (χ2n) is 3.18. The number of rotatable bonds is 4. The third-order valence-electron chi connectivity index (χ3n) is 2.07. The number of methoxy groups -OCH3 is 1. The molecule has 0 saturated heterocycles. The zero-order valence-corrected chi connectivity index (χ0v) is 9.93. The van der Waals surface area contributed by atoms with Crippen molar-refractivity contribution in [3.05, 3.63) is 17.3 Å². The number of anilines is 1. The average molecular weight is 256 g/mol. The number of hydrogen-bond donors (Lipinski definition) is 2. The van der Waals surface area contributed by atoms with Gasteiger partial charge in [-0.15, -0.1) is 10.2 Å². The first kappa shape index (κ1) is 11.5. The van der Waals surface area contributed by atoms with Crippen LogP contribution in [0.2, 0.25) is 5.15 Å². The Labute approximate surface area is 102 Å². The number of tetrazole rings is 1. The van der Waals surface area contributed by atoms with Gasteiger partial charge in [-0.1, -0.05) is 16.8 Å². The molecule has 0 aliphatic carbocycles. The van der Waals surface area contributed by atoms with E-state index in [1.807, 2.05) is 6.92 Å². The van der Waals surface area contributed by atoms with Gasteiger partial charge in [0, 0.05) is 0 Å². The lowest BCUT2D eigenvalue weighted by Gasteiger charge is -2.13. The predicted molar refractivity (Wildman–Crippen MR) is 59.8 cm³/mol. The lowest BCUT2D eigenvalue weighted by Crippen LogP contribution is -2.11. The molecule has 2 N–H and O–H groups in total. The number of nitrogens with zero attached hydrogens (tertiary/aromatic N) is 5. The van der Waals surface area contributed by atoms with Gasteiger partial charge in [0.25, 0.3) is 0 Å². The maximum absolute atomic E-state index is 5.87. The Balaban J connectivity index is 2.21. The lowest BCUT2D eigenvalue weighted by atomic mass is 10.3. The molecule has 0 aromatic carbocycles. The van der Waals surface area contributed by atoms with E-state index in [2.05, 4.69) is 35.9 Å². The van der Waals surface area contributed by atoms with Gasteiger partial charge >= 0.3 is 0 Å². The van der Waals surface area contributed by atoms with E-state index in [9.17, 15) is 0 Å². The molecule has 1 atom stereocenters. The first-order valence-electron chi connectivity index (χ1n) is 4.76. The molecule has 0 fully saturated rings. The van der Waals surface area contributed by atoms with E-state index in [0.29, 0.717) is 17.4 Å². The van der Waals surface area contributed by atoms with Crippen LogP contribution in [-0.4, -0.2) is 37.7 Å². The van der Waals surface area contributed by atoms with E-state index in [1.165, 1.54) is 13.4 Å². The molecular weight excluding hydrogens is 246 g/mol. The summed E-state index contributed by atoms with van der Waals surface area (Å²) < 4.78 is 5.11. The molecule has 2 aromatic rings. The van der Waals surface area contributed by atoms with Crippen molar-refractivity contribution in [3.8, 4) is 5.75 Å². The molecule has 0 radical (unpaired) electrons. The molecule has 0 aliphatic heterocycles. The minimum Gasteiger partial charge on any atom is -0.490 e. The second kappa shape index (κ2) is 4.91. The normalized spacial score (nSPS) is 12.2. The summed E-state index contributed by atoms with van der Waals surface area (Å²) >= 11 is 5.87. The molecule has 17 heavy (non-hydrogen) atoms. The van der Waals surface area contributed by atoms with Gasteiger partial charge in [0.15, 0.2) is 22.5 Å². The van der Waals surface area contributed by atoms with Gasteiger partial charge in [0.1, 0.15) is 6.33 Å². The summed E-state index contributed by atoms with van der Waals surface area (Å²) in [5.41, 5.74) is 0. The summed E-state index contributed by atoms with van der Waals surface area (Å²) in [6.07, 6.45) is 1.34. The van der Waals surface area contributed by atoms with Crippen LogP contribution in [0.4, 0.5) is 5.82 Å². The molecule has 0 amide bonds. The molecule has 0 aliphatic rings. The van der Waals surface area contributed by atoms with E-state index in [0.717, 1.165) is 0 Å². The fourth-order valence-corrected chi connectivity index (χ4v) is 1.47. The average Bonchev–Trinajstić information content (AvgIpc) is 2.82. The first-order chi connectivity index (χ1) is 8.22. The molecule has 0 bridgehead atoms. The molecular formula is C8H10ClN7O. The number of ether oxygens (including phenoxy) is 1. The highest BCUT2D eigenvalue weighted by molar-refractivity contribution is 6.31. The third kappa shape index (κ3) is 2.41. The Morgan fingerprint density at radius 2 is 2.29 bits per heavy atom. The molecule has 8 nitrogen and oxygen atoms in total. The maximum Gasteiger partial charge on any atom is 0.198 e. The van der Waals surface area contributed by atoms with Crippen LogP contribution in [0.15, 0.2) is 6.33 Å². The highest BCUT2D eigenvalue weighted by Gasteiger charge is 2.15. The topological polar surface area (TPSA) is 102 Å². The van der Waals surface area contributed by atoms with Crippen molar-refractivity contribution in [2.75, 3.05) is 12.4 Å². The smallest absolute Gasteiger partial charge is 0.198 e. The number of aromatic nitrogens is 6. The van der Waals surface area contributed by atoms with E-state index in [-0.39, 0.29) is 11.2 Å². The van der Waals surface area contributed by atoms with Crippen molar-refractivity contribution in [2.45, 2.75) is 13.0 Å². The quantitative estimate of drug-likeness (QED) is 0.780. The Morgan fingerprint density at radius 3 is 2.94 bits per heavy atom. The number of H-pyrrole nitrogens is 1. The van der Waals surface area contributed by atoms with Crippen molar-refractivity contribution < 1.29 is 4.74 Å². The zero-order chi connectivity index (χ0) is 12.3. The predicted octanol–water partition coefficient (Wildman–Crippen LogP) is 0.825. The Morgan fingerprint density at radius 1 is 1.47 bits per heavy atom. The summed E-state index contributed by atoms with van der Waals surface area (Å²) in [5.74, 6) is 1.37. The van der Waals surface area contributed by atoms with Gasteiger partial charge in [0.2, 0.25) is 0 Å². The largest absolute Gasteiger partial charge is 0.490 e. The summed E-state index contributed by atoms with van der Waals surface area (Å²) in [6.45, 7) is 1.86. The number of hydrogen-bond acceptors (Lipinski definition) is 7. The molecule has 2 heterocycles. The molecule has 2 aromatic heterocycles. The molecule has 2 rings (SSSR count). The highest BCUT2D eigenvalue weighted by atomic mass is 35.5. The monoisotopic (exact) mass is 255 g/mol. The highest BCUT2D eigenvalue weighted by Crippen LogP contribution is 2.30. The van der Waals surface area contributed by atoms with Gasteiger partial charge in [-0.05, 0) is 6.92 Å². The van der Waals surface area contributed by atoms with Gasteiger partial charge in [-0.25, -0.2) is 9.97 Å². The fourth-order valence-electron chi connectivity index (χ4n) is 1.26. The number of nitrogens with one attached hydrogen (secondary N) is 2. The number of aromatic amines is 1. The van der Waals surface area contributed by atoms with Crippen molar-refractivity contribution >= 4 is 17.4 Å². The van der Waals surface area contributed by atoms with Crippen LogP contribution >= 0.6 is 11.6 Å². The minimum absolute atomic E-state index is 0.186. The molecule has 1 unspecified atom stereocenters. The fraction of sp³-hybridized carbons (Fsp3) is 0.375. The zero-order valence-electron chi connectivity index (χ0n) is 9.18. The SMILES string of the molecule is COc1c(Cl)ncnc1NC(C)c1nn[nH]n1. The van der Waals surface area contributed by atoms with E-state index < -0.39 is 0 Å². The van der Waals surface area contributed by atoms with Crippen LogP contribution in [0, 0.1) is 0 Å². The molecule has 9 heteroatoms. The van der Waals surface area contributed by atoms with Crippen molar-refractivity contribution in [1.29, 1.82) is 0 Å². The summed E-state index contributed by atoms with van der Waals surface area (Å²) in [5, 5.41) is 16.9. The van der Waals surface area contributed by atoms with E-state index in [4.69, 9.17) is 16.3 Å². The molecule has 90 valence electrons. The van der Waals surface area contributed by atoms with Crippen LogP contribution in [0.3, 0.4) is 0 Å². The van der Waals surface area contributed by atoms with Crippen LogP contribution in [-0.2, 0) is 0 Å². The minimum atomic E-state index is -0.186. The van der Waals surface area contributed by atoms with Crippen molar-refractivity contribution in [3.63, 3.8) is 0 Å². The molecule has 0 spiro atoms. The third-order valence-corrected chi connectivity index (χ3v) is 2.34. The van der Waals surface area contributed by atoms with E-state index >= 15 is 0 Å². The van der Waals surface area contributed by atoms with E-state index in [1.54, 1.807) is 0 Å². The van der Waals surface area contributed by atoms with Gasteiger partial charge in [-0.3, -0.25) is 0 Å². The van der Waals surface area contributed by atoms with Crippen LogP contribution in [0.25, 0.3) is 0 Å². The van der Waals surface area contributed by atoms with Crippen LogP contribution in [0.5, 0.6) is 5.75 Å². The van der Waals surface area contributed by atoms with Crippen molar-refractivity contribution in [2.24, 2.45) is 0 Å². The van der Waals surface area contributed by atoms with Gasteiger partial charge in [-0.2, -0.15) is 5.21 Å². The Kier molecular flexibility index (Phi) is 3.33. The summed E-state index contributed by atoms with van der Waals surface area (Å²) in [7, 11) is 1.49. The Bertz CT molecular complexity index is 489. The van der Waals surface area contributed by atoms with Gasteiger partial charge in [0.05, 0.1) is 13.2 Å². The van der Waals surface area contributed by atoms with Gasteiger partial charge < -0.3 is 10.1 Å². The first-order valence-corrected chi connectivity index (χ1v) is 5.14. The Hall–Kier alpha value is -1.96. The standard InChI is InChI=1S/C8H10ClN7O/c1-4(7-13-15-16-14-7)12-8-5(17-2)6(9)10-3-11-8/h3-4H,1-2H3,(H,10,11,12)(H,13,14,15,16). The summed E-state index contributed by atoms with van der Waals surface area (Å²) in [4.78, 5) is 7.86. The van der Waals surface area contributed by atoms with Crippen LogP contribution in [0.1, 0.15) is 18.8 Å². The lowest BCUT2D eigenvalue weighted by molar-refractivity contribution is 0.412.